The number of hydrogen-bond donors (Lipinski definition) is 1. The van der Waals surface area contributed by atoms with Crippen LogP contribution in [0.4, 0.5) is 0 Å². The first-order chi connectivity index (χ1) is 13.1. The van der Waals surface area contributed by atoms with Crippen LogP contribution in [0.25, 0.3) is 22.5 Å². The summed E-state index contributed by atoms with van der Waals surface area (Å²) in [5.41, 5.74) is 6.49. The summed E-state index contributed by atoms with van der Waals surface area (Å²) in [6.45, 7) is 4.81. The number of nitrogens with one attached hydrogen (secondary N) is 1. The zero-order chi connectivity index (χ0) is 18.5. The van der Waals surface area contributed by atoms with E-state index < -0.39 is 0 Å². The molecule has 1 aliphatic carbocycles. The molecule has 1 fully saturated rings. The van der Waals surface area contributed by atoms with Crippen LogP contribution < -0.4 is 0 Å². The lowest BCUT2D eigenvalue weighted by molar-refractivity contribution is 0.0697. The highest BCUT2D eigenvalue weighted by Gasteiger charge is 2.38. The molecule has 27 heavy (non-hydrogen) atoms. The Morgan fingerprint density at radius 2 is 2.04 bits per heavy atom. The van der Waals surface area contributed by atoms with Gasteiger partial charge in [0, 0.05) is 23.7 Å². The van der Waals surface area contributed by atoms with E-state index in [2.05, 4.69) is 33.4 Å². The molecular formula is C21H21N5O. The molecule has 136 valence electrons. The van der Waals surface area contributed by atoms with Gasteiger partial charge in [-0.3, -0.25) is 9.89 Å². The quantitative estimate of drug-likeness (QED) is 0.772. The maximum Gasteiger partial charge on any atom is 0.254 e. The second-order valence-corrected chi connectivity index (χ2v) is 7.64. The Hall–Kier alpha value is -3.02. The molecule has 1 amide bonds. The highest BCUT2D eigenvalue weighted by atomic mass is 16.2. The summed E-state index contributed by atoms with van der Waals surface area (Å²) in [4.78, 5) is 14.8. The second-order valence-electron chi connectivity index (χ2n) is 7.64. The number of nitrogens with zero attached hydrogens (tertiary/aromatic N) is 4. The monoisotopic (exact) mass is 359 g/mol. The normalized spacial score (nSPS) is 17.3. The van der Waals surface area contributed by atoms with Crippen LogP contribution in [-0.4, -0.2) is 37.2 Å². The number of rotatable bonds is 4. The van der Waals surface area contributed by atoms with Gasteiger partial charge < -0.3 is 4.90 Å². The van der Waals surface area contributed by atoms with Gasteiger partial charge in [0.25, 0.3) is 5.91 Å². The van der Waals surface area contributed by atoms with Crippen LogP contribution in [0.2, 0.25) is 0 Å². The maximum atomic E-state index is 12.8. The van der Waals surface area contributed by atoms with Gasteiger partial charge in [-0.25, -0.2) is 0 Å². The molecule has 1 N–H and O–H groups in total. The van der Waals surface area contributed by atoms with Gasteiger partial charge in [0.2, 0.25) is 0 Å². The molecule has 6 nitrogen and oxygen atoms in total. The fourth-order valence-corrected chi connectivity index (χ4v) is 3.89. The summed E-state index contributed by atoms with van der Waals surface area (Å²) >= 11 is 0. The Morgan fingerprint density at radius 1 is 1.19 bits per heavy atom. The van der Waals surface area contributed by atoms with E-state index in [0.29, 0.717) is 18.5 Å². The average molecular weight is 359 g/mol. The van der Waals surface area contributed by atoms with Gasteiger partial charge in [0.1, 0.15) is 5.69 Å². The number of aryl methyl sites for hydroxylation is 1. The van der Waals surface area contributed by atoms with Crippen molar-refractivity contribution in [3.63, 3.8) is 0 Å². The van der Waals surface area contributed by atoms with Crippen molar-refractivity contribution in [2.24, 2.45) is 5.92 Å². The van der Waals surface area contributed by atoms with Crippen LogP contribution >= 0.6 is 0 Å². The van der Waals surface area contributed by atoms with Gasteiger partial charge in [-0.15, -0.1) is 5.10 Å². The number of fused-ring (bicyclic) bond motifs is 1. The van der Waals surface area contributed by atoms with Gasteiger partial charge in [-0.1, -0.05) is 6.07 Å². The molecule has 1 aromatic carbocycles. The molecule has 0 radical (unpaired) electrons. The van der Waals surface area contributed by atoms with E-state index in [1.54, 1.807) is 6.20 Å². The van der Waals surface area contributed by atoms with Crippen molar-refractivity contribution in [2.75, 3.05) is 0 Å². The van der Waals surface area contributed by atoms with Crippen LogP contribution in [0.15, 0.2) is 36.5 Å². The van der Waals surface area contributed by atoms with Crippen molar-refractivity contribution in [2.45, 2.75) is 39.3 Å². The molecule has 0 spiro atoms. The van der Waals surface area contributed by atoms with E-state index in [1.165, 1.54) is 12.8 Å². The molecule has 2 aromatic heterocycles. The van der Waals surface area contributed by atoms with E-state index in [4.69, 9.17) is 0 Å². The van der Waals surface area contributed by atoms with Crippen molar-refractivity contribution >= 4 is 5.91 Å². The van der Waals surface area contributed by atoms with E-state index in [9.17, 15) is 4.79 Å². The molecule has 1 saturated carbocycles. The molecule has 5 rings (SSSR count). The fraction of sp³-hybridized carbons (Fsp3) is 0.333. The third kappa shape index (κ3) is 2.81. The van der Waals surface area contributed by atoms with Gasteiger partial charge in [0.05, 0.1) is 17.6 Å². The smallest absolute Gasteiger partial charge is 0.254 e. The zero-order valence-corrected chi connectivity index (χ0v) is 15.4. The Morgan fingerprint density at radius 3 is 2.78 bits per heavy atom. The van der Waals surface area contributed by atoms with E-state index in [1.807, 2.05) is 36.1 Å². The number of aromatic nitrogens is 4. The van der Waals surface area contributed by atoms with Crippen molar-refractivity contribution in [1.82, 2.24) is 25.3 Å². The summed E-state index contributed by atoms with van der Waals surface area (Å²) < 4.78 is 0. The minimum Gasteiger partial charge on any atom is -0.331 e. The van der Waals surface area contributed by atoms with Crippen molar-refractivity contribution in [1.29, 1.82) is 0 Å². The van der Waals surface area contributed by atoms with E-state index in [0.717, 1.165) is 39.3 Å². The lowest BCUT2D eigenvalue weighted by atomic mass is 10.0. The van der Waals surface area contributed by atoms with Crippen LogP contribution in [0.3, 0.4) is 0 Å². The lowest BCUT2D eigenvalue weighted by Gasteiger charge is -2.23. The predicted octanol–water partition coefficient (Wildman–Crippen LogP) is 3.60. The third-order valence-electron chi connectivity index (χ3n) is 5.70. The first kappa shape index (κ1) is 16.2. The summed E-state index contributed by atoms with van der Waals surface area (Å²) in [5.74, 6) is 0.838. The highest BCUT2D eigenvalue weighted by molar-refractivity contribution is 5.99. The number of amides is 1. The number of carbonyl (C=O) groups excluding carboxylic acids is 1. The minimum absolute atomic E-state index is 0.164. The Balaban J connectivity index is 1.46. The molecular weight excluding hydrogens is 338 g/mol. The van der Waals surface area contributed by atoms with E-state index >= 15 is 0 Å². The molecule has 0 bridgehead atoms. The first-order valence-electron chi connectivity index (χ1n) is 9.39. The number of benzene rings is 1. The van der Waals surface area contributed by atoms with E-state index in [-0.39, 0.29) is 5.91 Å². The maximum absolute atomic E-state index is 12.8. The number of carbonyl (C=O) groups is 1. The van der Waals surface area contributed by atoms with Crippen LogP contribution in [0.1, 0.15) is 41.4 Å². The van der Waals surface area contributed by atoms with Crippen molar-refractivity contribution < 1.29 is 4.79 Å². The highest BCUT2D eigenvalue weighted by Crippen LogP contribution is 2.39. The Bertz CT molecular complexity index is 1040. The van der Waals surface area contributed by atoms with Gasteiger partial charge >= 0.3 is 0 Å². The molecule has 3 heterocycles. The Kier molecular flexibility index (Phi) is 3.60. The predicted molar refractivity (Wildman–Crippen MR) is 102 cm³/mol. The number of aromatic amines is 1. The second kappa shape index (κ2) is 6.01. The van der Waals surface area contributed by atoms with Gasteiger partial charge in [-0.2, -0.15) is 10.2 Å². The molecule has 3 aromatic rings. The lowest BCUT2D eigenvalue weighted by Crippen LogP contribution is -2.34. The molecule has 2 aliphatic rings. The average Bonchev–Trinajstić information content (AvgIpc) is 3.37. The van der Waals surface area contributed by atoms with Crippen LogP contribution in [0, 0.1) is 12.8 Å². The number of hydrogen-bond acceptors (Lipinski definition) is 4. The summed E-state index contributed by atoms with van der Waals surface area (Å²) in [6, 6.07) is 10.3. The first-order valence-corrected chi connectivity index (χ1v) is 9.39. The summed E-state index contributed by atoms with van der Waals surface area (Å²) in [5, 5.41) is 15.5. The molecule has 0 saturated heterocycles. The SMILES string of the molecule is Cc1cc(-c2cc(-c3ccc4c(c3)CN(C(C)C3CC3)C4=O)cnn2)[nH]n1. The standard InChI is InChI=1S/C21H21N5O/c1-12-7-19(25-23-12)20-9-16(10-22-24-20)15-5-6-18-17(8-15)11-26(21(18)27)13(2)14-3-4-14/h5-10,13-14H,3-4,11H2,1-2H3,(H,23,25). The van der Waals surface area contributed by atoms with Gasteiger partial charge in [0.15, 0.2) is 0 Å². The molecule has 1 atom stereocenters. The van der Waals surface area contributed by atoms with Crippen LogP contribution in [-0.2, 0) is 6.54 Å². The van der Waals surface area contributed by atoms with Crippen LogP contribution in [0.5, 0.6) is 0 Å². The fourth-order valence-electron chi connectivity index (χ4n) is 3.89. The summed E-state index contributed by atoms with van der Waals surface area (Å²) in [6.07, 6.45) is 4.24. The zero-order valence-electron chi connectivity index (χ0n) is 15.4. The largest absolute Gasteiger partial charge is 0.331 e. The minimum atomic E-state index is 0.164. The van der Waals surface area contributed by atoms with Crippen molar-refractivity contribution in [3.8, 4) is 22.5 Å². The topological polar surface area (TPSA) is 74.8 Å². The number of H-pyrrole nitrogens is 1. The molecule has 1 unspecified atom stereocenters. The Labute approximate surface area is 157 Å². The summed E-state index contributed by atoms with van der Waals surface area (Å²) in [7, 11) is 0. The molecule has 6 heteroatoms. The third-order valence-corrected chi connectivity index (χ3v) is 5.70. The van der Waals surface area contributed by atoms with Crippen molar-refractivity contribution in [3.05, 3.63) is 53.3 Å². The van der Waals surface area contributed by atoms with Gasteiger partial charge in [-0.05, 0) is 68.0 Å². The molecule has 1 aliphatic heterocycles.